The minimum absolute atomic E-state index is 0. The average molecular weight is 177 g/mol. The van der Waals surface area contributed by atoms with Crippen molar-refractivity contribution >= 4 is 48.2 Å². The zero-order valence-corrected chi connectivity index (χ0v) is 9.01. The Morgan fingerprint density at radius 2 is 1.73 bits per heavy atom. The molecule has 53 valence electrons. The fraction of sp³-hybridized carbons (Fsp3) is 0. The zero-order chi connectivity index (χ0) is 7.56. The summed E-state index contributed by atoms with van der Waals surface area (Å²) in [5, 5.41) is 8.45. The van der Waals surface area contributed by atoms with Crippen LogP contribution in [0.3, 0.4) is 0 Å². The summed E-state index contributed by atoms with van der Waals surface area (Å²) in [5.74, 6) is -0.909. The molecule has 0 aliphatic rings. The van der Waals surface area contributed by atoms with Gasteiger partial charge in [0.1, 0.15) is 0 Å². The summed E-state index contributed by atoms with van der Waals surface area (Å²) in [6.45, 7) is 0. The monoisotopic (exact) mass is 177 g/mol. The zero-order valence-electron chi connectivity index (χ0n) is 6.11. The predicted octanol–water partition coefficient (Wildman–Crippen LogP) is 1.29. The second-order valence-electron chi connectivity index (χ2n) is 1.85. The smallest absolute Gasteiger partial charge is 0.335 e. The maximum Gasteiger partial charge on any atom is 0.335 e. The van der Waals surface area contributed by atoms with E-state index in [9.17, 15) is 4.79 Å². The first kappa shape index (κ1) is 11.0. The third-order valence-corrected chi connectivity index (χ3v) is 1.41. The van der Waals surface area contributed by atoms with Crippen molar-refractivity contribution in [3.63, 3.8) is 0 Å². The Kier molecular flexibility index (Phi) is 4.84. The van der Waals surface area contributed by atoms with Crippen molar-refractivity contribution in [1.82, 2.24) is 0 Å². The number of aromatic carboxylic acids is 1. The average Bonchev–Trinajstić information content (AvgIpc) is 1.88. The van der Waals surface area contributed by atoms with Crippen molar-refractivity contribution in [1.29, 1.82) is 0 Å². The SMILES string of the molecule is O=C(O)c1ccc(S)cc1.[Na]. The van der Waals surface area contributed by atoms with Crippen LogP contribution in [0.15, 0.2) is 29.2 Å². The molecule has 0 aliphatic heterocycles. The van der Waals surface area contributed by atoms with E-state index in [4.69, 9.17) is 5.11 Å². The van der Waals surface area contributed by atoms with Crippen LogP contribution in [0, 0.1) is 0 Å². The number of rotatable bonds is 1. The summed E-state index contributed by atoms with van der Waals surface area (Å²) in [4.78, 5) is 11.1. The first-order valence-corrected chi connectivity index (χ1v) is 3.17. The number of carboxylic acid groups (broad SMARTS) is 1. The van der Waals surface area contributed by atoms with Gasteiger partial charge in [-0.15, -0.1) is 12.6 Å². The van der Waals surface area contributed by atoms with E-state index >= 15 is 0 Å². The van der Waals surface area contributed by atoms with Gasteiger partial charge in [0.15, 0.2) is 0 Å². The fourth-order valence-corrected chi connectivity index (χ4v) is 0.753. The molecule has 11 heavy (non-hydrogen) atoms. The minimum Gasteiger partial charge on any atom is -0.478 e. The van der Waals surface area contributed by atoms with Gasteiger partial charge in [0.2, 0.25) is 0 Å². The maximum atomic E-state index is 10.3. The van der Waals surface area contributed by atoms with Crippen molar-refractivity contribution in [2.24, 2.45) is 0 Å². The summed E-state index contributed by atoms with van der Waals surface area (Å²) in [7, 11) is 0. The predicted molar refractivity (Wildman–Crippen MR) is 46.4 cm³/mol. The number of benzene rings is 1. The topological polar surface area (TPSA) is 37.3 Å². The Balaban J connectivity index is 0.000001000. The number of carboxylic acids is 1. The van der Waals surface area contributed by atoms with Gasteiger partial charge in [0, 0.05) is 34.5 Å². The molecule has 0 atom stereocenters. The van der Waals surface area contributed by atoms with E-state index < -0.39 is 5.97 Å². The van der Waals surface area contributed by atoms with Gasteiger partial charge in [0.05, 0.1) is 5.56 Å². The number of hydrogen-bond donors (Lipinski definition) is 2. The molecular weight excluding hydrogens is 171 g/mol. The molecule has 0 fully saturated rings. The van der Waals surface area contributed by atoms with Crippen molar-refractivity contribution in [2.45, 2.75) is 4.90 Å². The number of hydrogen-bond acceptors (Lipinski definition) is 2. The molecule has 0 saturated carbocycles. The van der Waals surface area contributed by atoms with Gasteiger partial charge in [-0.05, 0) is 24.3 Å². The molecule has 1 rings (SSSR count). The van der Waals surface area contributed by atoms with Gasteiger partial charge in [-0.1, -0.05) is 0 Å². The first-order valence-electron chi connectivity index (χ1n) is 2.72. The van der Waals surface area contributed by atoms with Crippen LogP contribution in [-0.2, 0) is 0 Å². The van der Waals surface area contributed by atoms with Crippen LogP contribution >= 0.6 is 12.6 Å². The summed E-state index contributed by atoms with van der Waals surface area (Å²) < 4.78 is 0. The molecule has 1 aromatic carbocycles. The molecule has 0 spiro atoms. The first-order chi connectivity index (χ1) is 4.70. The van der Waals surface area contributed by atoms with Crippen LogP contribution < -0.4 is 0 Å². The second kappa shape index (κ2) is 4.83. The Bertz CT molecular complexity index is 245. The Morgan fingerprint density at radius 3 is 2.09 bits per heavy atom. The third kappa shape index (κ3) is 3.29. The van der Waals surface area contributed by atoms with Crippen molar-refractivity contribution in [3.8, 4) is 0 Å². The normalized spacial score (nSPS) is 8.45. The minimum atomic E-state index is -0.909. The molecule has 0 bridgehead atoms. The molecular formula is C7H6NaO2S. The largest absolute Gasteiger partial charge is 0.478 e. The van der Waals surface area contributed by atoms with Crippen LogP contribution in [0.2, 0.25) is 0 Å². The summed E-state index contributed by atoms with van der Waals surface area (Å²) >= 11 is 4.01. The van der Waals surface area contributed by atoms with E-state index in [1.807, 2.05) is 0 Å². The van der Waals surface area contributed by atoms with Crippen LogP contribution in [-0.4, -0.2) is 40.6 Å². The molecule has 0 amide bonds. The van der Waals surface area contributed by atoms with E-state index in [0.717, 1.165) is 4.90 Å². The Hall–Kier alpha value is 0.0400. The molecule has 0 saturated heterocycles. The van der Waals surface area contributed by atoms with Gasteiger partial charge in [-0.25, -0.2) is 4.79 Å². The third-order valence-electron chi connectivity index (χ3n) is 1.11. The van der Waals surface area contributed by atoms with E-state index in [0.29, 0.717) is 0 Å². The van der Waals surface area contributed by atoms with E-state index in [1.165, 1.54) is 12.1 Å². The number of carbonyl (C=O) groups is 1. The molecule has 0 aromatic heterocycles. The Labute approximate surface area is 92.3 Å². The molecule has 4 heteroatoms. The van der Waals surface area contributed by atoms with E-state index in [2.05, 4.69) is 12.6 Å². The van der Waals surface area contributed by atoms with Gasteiger partial charge in [-0.3, -0.25) is 0 Å². The second-order valence-corrected chi connectivity index (χ2v) is 2.37. The summed E-state index contributed by atoms with van der Waals surface area (Å²) in [5.41, 5.74) is 0.290. The molecule has 0 aliphatic carbocycles. The maximum absolute atomic E-state index is 10.3. The molecule has 2 nitrogen and oxygen atoms in total. The van der Waals surface area contributed by atoms with Gasteiger partial charge in [-0.2, -0.15) is 0 Å². The van der Waals surface area contributed by atoms with E-state index in [1.54, 1.807) is 12.1 Å². The number of thiol groups is 1. The van der Waals surface area contributed by atoms with Crippen LogP contribution in [0.4, 0.5) is 0 Å². The van der Waals surface area contributed by atoms with Crippen LogP contribution in [0.5, 0.6) is 0 Å². The molecule has 1 radical (unpaired) electrons. The Morgan fingerprint density at radius 1 is 1.27 bits per heavy atom. The summed E-state index contributed by atoms with van der Waals surface area (Å²) in [6, 6.07) is 6.33. The standard InChI is InChI=1S/C7H6O2S.Na/c8-7(9)5-1-3-6(10)4-2-5;/h1-4,10H,(H,8,9);. The summed E-state index contributed by atoms with van der Waals surface area (Å²) in [6.07, 6.45) is 0. The molecule has 1 N–H and O–H groups in total. The van der Waals surface area contributed by atoms with Gasteiger partial charge < -0.3 is 5.11 Å². The van der Waals surface area contributed by atoms with Crippen LogP contribution in [0.25, 0.3) is 0 Å². The van der Waals surface area contributed by atoms with Gasteiger partial charge >= 0.3 is 5.97 Å². The van der Waals surface area contributed by atoms with Crippen molar-refractivity contribution < 1.29 is 9.90 Å². The molecule has 1 aromatic rings. The molecule has 0 unspecified atom stereocenters. The van der Waals surface area contributed by atoms with Crippen molar-refractivity contribution in [2.75, 3.05) is 0 Å². The molecule has 0 heterocycles. The van der Waals surface area contributed by atoms with Gasteiger partial charge in [0.25, 0.3) is 0 Å². The van der Waals surface area contributed by atoms with Crippen LogP contribution in [0.1, 0.15) is 10.4 Å². The van der Waals surface area contributed by atoms with Crippen molar-refractivity contribution in [3.05, 3.63) is 29.8 Å². The van der Waals surface area contributed by atoms with E-state index in [-0.39, 0.29) is 35.1 Å². The fourth-order valence-electron chi connectivity index (χ4n) is 0.604. The quantitative estimate of drug-likeness (QED) is 0.501.